The van der Waals surface area contributed by atoms with Crippen LogP contribution < -0.4 is 10.5 Å². The van der Waals surface area contributed by atoms with Gasteiger partial charge in [-0.05, 0) is 54.8 Å². The number of nitrogen functional groups attached to an aromatic ring is 1. The highest BCUT2D eigenvalue weighted by Crippen LogP contribution is 2.24. The lowest BCUT2D eigenvalue weighted by molar-refractivity contribution is 0.601. The molecular weight excluding hydrogens is 352 g/mol. The Balaban J connectivity index is 2.36. The van der Waals surface area contributed by atoms with E-state index in [9.17, 15) is 8.42 Å². The first-order valence-electron chi connectivity index (χ1n) is 6.50. The number of aryl methyl sites for hydroxylation is 2. The van der Waals surface area contributed by atoms with Crippen LogP contribution in [0.4, 0.5) is 11.4 Å². The number of benzene rings is 2. The van der Waals surface area contributed by atoms with Gasteiger partial charge in [0.2, 0.25) is 0 Å². The summed E-state index contributed by atoms with van der Waals surface area (Å²) in [7, 11) is -3.65. The minimum Gasteiger partial charge on any atom is -0.398 e. The van der Waals surface area contributed by atoms with Gasteiger partial charge in [0.1, 0.15) is 0 Å². The molecule has 2 aromatic rings. The van der Waals surface area contributed by atoms with E-state index in [2.05, 4.69) is 20.7 Å². The molecule has 21 heavy (non-hydrogen) atoms. The number of nitrogens with two attached hydrogens (primary N) is 1. The van der Waals surface area contributed by atoms with E-state index in [-0.39, 0.29) is 4.90 Å². The predicted octanol–water partition coefficient (Wildman–Crippen LogP) is 3.70. The molecule has 2 rings (SSSR count). The Hall–Kier alpha value is -1.53. The fourth-order valence-corrected chi connectivity index (χ4v) is 3.75. The van der Waals surface area contributed by atoms with E-state index in [0.29, 0.717) is 11.4 Å². The molecule has 0 amide bonds. The smallest absolute Gasteiger partial charge is 0.261 e. The minimum atomic E-state index is -3.65. The zero-order valence-electron chi connectivity index (χ0n) is 11.9. The van der Waals surface area contributed by atoms with Gasteiger partial charge in [0, 0.05) is 10.2 Å². The molecule has 0 aliphatic heterocycles. The lowest BCUT2D eigenvalue weighted by Crippen LogP contribution is -2.13. The van der Waals surface area contributed by atoms with E-state index in [1.165, 1.54) is 6.07 Å². The monoisotopic (exact) mass is 368 g/mol. The third-order valence-corrected chi connectivity index (χ3v) is 4.94. The number of halogens is 1. The minimum absolute atomic E-state index is 0.162. The summed E-state index contributed by atoms with van der Waals surface area (Å²) >= 11 is 3.35. The molecule has 0 radical (unpaired) electrons. The second-order valence-electron chi connectivity index (χ2n) is 4.84. The van der Waals surface area contributed by atoms with Gasteiger partial charge >= 0.3 is 0 Å². The highest BCUT2D eigenvalue weighted by atomic mass is 79.9. The fourth-order valence-electron chi connectivity index (χ4n) is 2.07. The normalized spacial score (nSPS) is 11.4. The van der Waals surface area contributed by atoms with Crippen molar-refractivity contribution in [3.63, 3.8) is 0 Å². The van der Waals surface area contributed by atoms with E-state index in [1.807, 2.05) is 19.9 Å². The van der Waals surface area contributed by atoms with Gasteiger partial charge in [0.05, 0.1) is 10.6 Å². The Morgan fingerprint density at radius 2 is 1.90 bits per heavy atom. The molecule has 0 aliphatic rings. The topological polar surface area (TPSA) is 72.2 Å². The quantitative estimate of drug-likeness (QED) is 0.808. The maximum absolute atomic E-state index is 12.4. The summed E-state index contributed by atoms with van der Waals surface area (Å²) in [4.78, 5) is 0.162. The summed E-state index contributed by atoms with van der Waals surface area (Å²) in [5, 5.41) is 0. The maximum Gasteiger partial charge on any atom is 0.261 e. The molecule has 112 valence electrons. The highest BCUT2D eigenvalue weighted by molar-refractivity contribution is 9.10. The van der Waals surface area contributed by atoms with Gasteiger partial charge in [-0.1, -0.05) is 28.9 Å². The predicted molar refractivity (Wildman–Crippen MR) is 89.9 cm³/mol. The molecule has 0 atom stereocenters. The van der Waals surface area contributed by atoms with Gasteiger partial charge in [-0.25, -0.2) is 8.42 Å². The first-order chi connectivity index (χ1) is 9.81. The van der Waals surface area contributed by atoms with Crippen molar-refractivity contribution in [1.82, 2.24) is 0 Å². The van der Waals surface area contributed by atoms with Crippen LogP contribution in [0.25, 0.3) is 0 Å². The van der Waals surface area contributed by atoms with E-state index >= 15 is 0 Å². The van der Waals surface area contributed by atoms with Crippen molar-refractivity contribution < 1.29 is 8.42 Å². The summed E-state index contributed by atoms with van der Waals surface area (Å²) in [6, 6.07) is 10.2. The molecule has 3 N–H and O–H groups in total. The molecule has 0 saturated carbocycles. The maximum atomic E-state index is 12.4. The molecule has 0 heterocycles. The number of nitrogens with one attached hydrogen (secondary N) is 1. The molecule has 6 heteroatoms. The largest absolute Gasteiger partial charge is 0.398 e. The Morgan fingerprint density at radius 3 is 2.48 bits per heavy atom. The summed E-state index contributed by atoms with van der Waals surface area (Å²) in [6.45, 7) is 3.87. The Kier molecular flexibility index (Phi) is 4.58. The number of rotatable bonds is 4. The lowest BCUT2D eigenvalue weighted by Gasteiger charge is -2.11. The van der Waals surface area contributed by atoms with Crippen LogP contribution >= 0.6 is 15.9 Å². The van der Waals surface area contributed by atoms with Crippen LogP contribution in [0, 0.1) is 6.92 Å². The lowest BCUT2D eigenvalue weighted by atomic mass is 10.1. The zero-order chi connectivity index (χ0) is 15.6. The van der Waals surface area contributed by atoms with Crippen LogP contribution in [0.2, 0.25) is 0 Å². The average molecular weight is 369 g/mol. The second-order valence-corrected chi connectivity index (χ2v) is 7.44. The molecule has 0 spiro atoms. The zero-order valence-corrected chi connectivity index (χ0v) is 14.3. The Morgan fingerprint density at radius 1 is 1.19 bits per heavy atom. The van der Waals surface area contributed by atoms with Crippen molar-refractivity contribution in [3.8, 4) is 0 Å². The SMILES string of the molecule is CCc1ccc(S(=O)(=O)Nc2cc(C)cc(Br)c2)cc1N. The van der Waals surface area contributed by atoms with Gasteiger partial charge in [-0.15, -0.1) is 0 Å². The van der Waals surface area contributed by atoms with Gasteiger partial charge in [-0.2, -0.15) is 0 Å². The summed E-state index contributed by atoms with van der Waals surface area (Å²) in [5.41, 5.74) is 8.77. The fraction of sp³-hybridized carbons (Fsp3) is 0.200. The van der Waals surface area contributed by atoms with E-state index in [0.717, 1.165) is 22.0 Å². The Labute approximate surface area is 133 Å². The summed E-state index contributed by atoms with van der Waals surface area (Å²) in [5.74, 6) is 0. The second kappa shape index (κ2) is 6.07. The molecule has 0 aliphatic carbocycles. The van der Waals surface area contributed by atoms with Crippen molar-refractivity contribution in [2.24, 2.45) is 0 Å². The molecule has 0 aromatic heterocycles. The van der Waals surface area contributed by atoms with Crippen molar-refractivity contribution in [2.45, 2.75) is 25.2 Å². The molecule has 2 aromatic carbocycles. The average Bonchev–Trinajstić information content (AvgIpc) is 2.36. The molecule has 0 saturated heterocycles. The number of sulfonamides is 1. The number of anilines is 2. The Bertz CT molecular complexity index is 753. The highest BCUT2D eigenvalue weighted by Gasteiger charge is 2.15. The molecule has 0 unspecified atom stereocenters. The third kappa shape index (κ3) is 3.77. The van der Waals surface area contributed by atoms with Crippen molar-refractivity contribution in [1.29, 1.82) is 0 Å². The number of hydrogen-bond acceptors (Lipinski definition) is 3. The summed E-state index contributed by atoms with van der Waals surface area (Å²) in [6.07, 6.45) is 0.768. The van der Waals surface area contributed by atoms with Gasteiger partial charge in [0.25, 0.3) is 10.0 Å². The van der Waals surface area contributed by atoms with Crippen molar-refractivity contribution in [2.75, 3.05) is 10.5 Å². The van der Waals surface area contributed by atoms with Crippen LogP contribution in [-0.2, 0) is 16.4 Å². The van der Waals surface area contributed by atoms with E-state index < -0.39 is 10.0 Å². The first kappa shape index (κ1) is 15.9. The van der Waals surface area contributed by atoms with Crippen molar-refractivity contribution >= 4 is 37.3 Å². The van der Waals surface area contributed by atoms with Crippen LogP contribution in [0.1, 0.15) is 18.1 Å². The molecule has 0 fully saturated rings. The van der Waals surface area contributed by atoms with Gasteiger partial charge in [0.15, 0.2) is 0 Å². The standard InChI is InChI=1S/C15H17BrN2O2S/c1-3-11-4-5-14(9-15(11)17)21(19,20)18-13-7-10(2)6-12(16)8-13/h4-9,18H,3,17H2,1-2H3. The van der Waals surface area contributed by atoms with Crippen LogP contribution in [0.5, 0.6) is 0 Å². The van der Waals surface area contributed by atoms with E-state index in [1.54, 1.807) is 24.3 Å². The van der Waals surface area contributed by atoms with Crippen LogP contribution in [-0.4, -0.2) is 8.42 Å². The molecule has 4 nitrogen and oxygen atoms in total. The number of hydrogen-bond donors (Lipinski definition) is 2. The van der Waals surface area contributed by atoms with Crippen LogP contribution in [0.3, 0.4) is 0 Å². The molecule has 0 bridgehead atoms. The van der Waals surface area contributed by atoms with E-state index in [4.69, 9.17) is 5.73 Å². The van der Waals surface area contributed by atoms with Crippen molar-refractivity contribution in [3.05, 3.63) is 52.0 Å². The summed E-state index contributed by atoms with van der Waals surface area (Å²) < 4.78 is 28.2. The first-order valence-corrected chi connectivity index (χ1v) is 8.78. The molecular formula is C15H17BrN2O2S. The van der Waals surface area contributed by atoms with Gasteiger partial charge < -0.3 is 5.73 Å². The van der Waals surface area contributed by atoms with Gasteiger partial charge in [-0.3, -0.25) is 4.72 Å². The third-order valence-electron chi connectivity index (χ3n) is 3.10. The van der Waals surface area contributed by atoms with Crippen LogP contribution in [0.15, 0.2) is 45.8 Å².